The Hall–Kier alpha value is -4.00. The molecule has 1 heterocycles. The first kappa shape index (κ1) is 26.6. The van der Waals surface area contributed by atoms with E-state index in [0.717, 1.165) is 22.3 Å². The summed E-state index contributed by atoms with van der Waals surface area (Å²) >= 11 is 7.32. The van der Waals surface area contributed by atoms with Crippen molar-refractivity contribution in [2.75, 3.05) is 6.26 Å². The van der Waals surface area contributed by atoms with Crippen LogP contribution in [0.15, 0.2) is 111 Å². The van der Waals surface area contributed by atoms with Crippen molar-refractivity contribution in [3.05, 3.63) is 118 Å². The smallest absolute Gasteiger partial charge is 0.344 e. The molecule has 196 valence electrons. The molecule has 4 aromatic carbocycles. The highest BCUT2D eigenvalue weighted by Crippen LogP contribution is 2.32. The van der Waals surface area contributed by atoms with Gasteiger partial charge >= 0.3 is 5.97 Å². The van der Waals surface area contributed by atoms with Crippen LogP contribution in [0.4, 0.5) is 0 Å². The summed E-state index contributed by atoms with van der Waals surface area (Å²) in [6, 6.07) is 29.8. The van der Waals surface area contributed by atoms with Crippen molar-refractivity contribution >= 4 is 40.3 Å². The van der Waals surface area contributed by atoms with Gasteiger partial charge < -0.3 is 14.3 Å². The summed E-state index contributed by atoms with van der Waals surface area (Å²) in [5.74, 6) is -0.728. The highest BCUT2D eigenvalue weighted by molar-refractivity contribution is 7.98. The van der Waals surface area contributed by atoms with Crippen molar-refractivity contribution in [2.24, 2.45) is 0 Å². The topological polar surface area (TPSA) is 76.7 Å². The summed E-state index contributed by atoms with van der Waals surface area (Å²) in [7, 11) is 0. The van der Waals surface area contributed by atoms with E-state index in [1.807, 2.05) is 85.1 Å². The maximum atomic E-state index is 13.3. The number of aliphatic carboxylic acids is 1. The molecule has 0 aliphatic rings. The number of thioether (sulfide) groups is 1. The number of rotatable bonds is 9. The lowest BCUT2D eigenvalue weighted by atomic mass is 10.0. The molecule has 39 heavy (non-hydrogen) atoms. The van der Waals surface area contributed by atoms with Crippen LogP contribution in [0.5, 0.6) is 5.75 Å². The van der Waals surface area contributed by atoms with Crippen molar-refractivity contribution in [2.45, 2.75) is 24.0 Å². The molecular weight excluding hydrogens is 532 g/mol. The quantitative estimate of drug-likeness (QED) is 0.185. The van der Waals surface area contributed by atoms with Crippen molar-refractivity contribution in [3.8, 4) is 28.0 Å². The second-order valence-corrected chi connectivity index (χ2v) is 10.2. The predicted molar refractivity (Wildman–Crippen MR) is 157 cm³/mol. The summed E-state index contributed by atoms with van der Waals surface area (Å²) in [4.78, 5) is 25.3. The fourth-order valence-electron chi connectivity index (χ4n) is 4.42. The molecule has 0 fully saturated rings. The first-order valence-electron chi connectivity index (χ1n) is 12.4. The average Bonchev–Trinajstić information content (AvgIpc) is 2.96. The van der Waals surface area contributed by atoms with E-state index in [1.54, 1.807) is 18.2 Å². The van der Waals surface area contributed by atoms with E-state index < -0.39 is 12.1 Å². The SMILES string of the molecule is CSc1oc2cc(OC(CCc3ccc(-c4ccc(Cl)cc4)cc3)C(=O)O)ccc2c(=O)c1-c1ccccc1. The molecular formula is C32H25ClO5S. The summed E-state index contributed by atoms with van der Waals surface area (Å²) < 4.78 is 11.9. The third-order valence-electron chi connectivity index (χ3n) is 6.46. The molecule has 0 aliphatic carbocycles. The van der Waals surface area contributed by atoms with Gasteiger partial charge in [-0.2, -0.15) is 0 Å². The van der Waals surface area contributed by atoms with Crippen LogP contribution in [0.25, 0.3) is 33.2 Å². The number of ether oxygens (including phenoxy) is 1. The zero-order chi connectivity index (χ0) is 27.4. The Morgan fingerprint density at radius 2 is 1.59 bits per heavy atom. The Kier molecular flexibility index (Phi) is 8.05. The number of benzene rings is 4. The van der Waals surface area contributed by atoms with Gasteiger partial charge in [0.05, 0.1) is 10.9 Å². The van der Waals surface area contributed by atoms with Gasteiger partial charge in [-0.05, 0) is 65.6 Å². The van der Waals surface area contributed by atoms with Gasteiger partial charge in [-0.25, -0.2) is 4.79 Å². The lowest BCUT2D eigenvalue weighted by molar-refractivity contribution is -0.145. The zero-order valence-electron chi connectivity index (χ0n) is 21.1. The van der Waals surface area contributed by atoms with E-state index in [0.29, 0.717) is 38.8 Å². The van der Waals surface area contributed by atoms with Crippen molar-refractivity contribution in [3.63, 3.8) is 0 Å². The second-order valence-electron chi connectivity index (χ2n) is 9.01. The number of carboxylic acids is 1. The van der Waals surface area contributed by atoms with Crippen LogP contribution in [0.3, 0.4) is 0 Å². The molecule has 0 radical (unpaired) electrons. The molecule has 0 saturated carbocycles. The van der Waals surface area contributed by atoms with Crippen molar-refractivity contribution in [1.29, 1.82) is 0 Å². The van der Waals surface area contributed by atoms with E-state index >= 15 is 0 Å². The molecule has 0 aliphatic heterocycles. The summed E-state index contributed by atoms with van der Waals surface area (Å²) in [5, 5.41) is 11.4. The normalized spacial score (nSPS) is 11.8. The Morgan fingerprint density at radius 3 is 2.23 bits per heavy atom. The Labute approximate surface area is 235 Å². The van der Waals surface area contributed by atoms with Crippen LogP contribution in [0.1, 0.15) is 12.0 Å². The average molecular weight is 557 g/mol. The highest BCUT2D eigenvalue weighted by Gasteiger charge is 2.21. The van der Waals surface area contributed by atoms with E-state index in [-0.39, 0.29) is 11.8 Å². The number of halogens is 1. The van der Waals surface area contributed by atoms with Crippen LogP contribution in [-0.4, -0.2) is 23.4 Å². The Bertz CT molecular complexity index is 1660. The van der Waals surface area contributed by atoms with Gasteiger partial charge in [0.25, 0.3) is 0 Å². The number of carbonyl (C=O) groups is 1. The fraction of sp³-hybridized carbons (Fsp3) is 0.125. The minimum Gasteiger partial charge on any atom is -0.479 e. The molecule has 7 heteroatoms. The predicted octanol–water partition coefficient (Wildman–Crippen LogP) is 7.97. The minimum absolute atomic E-state index is 0.143. The molecule has 0 spiro atoms. The maximum Gasteiger partial charge on any atom is 0.344 e. The van der Waals surface area contributed by atoms with Gasteiger partial charge in [-0.3, -0.25) is 4.79 Å². The number of carboxylic acid groups (broad SMARTS) is 1. The molecule has 5 rings (SSSR count). The molecule has 0 amide bonds. The van der Waals surface area contributed by atoms with Gasteiger partial charge in [0.2, 0.25) is 5.43 Å². The standard InChI is InChI=1S/C32H25ClO5S/c1-39-32-29(23-5-3-2-4-6-23)30(34)26-17-16-25(19-28(26)38-32)37-27(31(35)36)18-9-20-7-10-21(11-8-20)22-12-14-24(33)15-13-22/h2-8,10-17,19,27H,9,18H2,1H3,(H,35,36). The largest absolute Gasteiger partial charge is 0.479 e. The van der Waals surface area contributed by atoms with Crippen LogP contribution in [0.2, 0.25) is 5.02 Å². The summed E-state index contributed by atoms with van der Waals surface area (Å²) in [5.41, 5.74) is 4.61. The van der Waals surface area contributed by atoms with Gasteiger partial charge in [0.1, 0.15) is 11.3 Å². The van der Waals surface area contributed by atoms with E-state index in [9.17, 15) is 14.7 Å². The fourth-order valence-corrected chi connectivity index (χ4v) is 5.14. The summed E-state index contributed by atoms with van der Waals surface area (Å²) in [6.45, 7) is 0. The lowest BCUT2D eigenvalue weighted by Gasteiger charge is -2.16. The second kappa shape index (κ2) is 11.8. The van der Waals surface area contributed by atoms with Crippen LogP contribution in [0, 0.1) is 0 Å². The van der Waals surface area contributed by atoms with Crippen LogP contribution >= 0.6 is 23.4 Å². The third-order valence-corrected chi connectivity index (χ3v) is 7.37. The zero-order valence-corrected chi connectivity index (χ0v) is 22.7. The number of hydrogen-bond donors (Lipinski definition) is 1. The number of aryl methyl sites for hydroxylation is 1. The molecule has 5 aromatic rings. The highest BCUT2D eigenvalue weighted by atomic mass is 35.5. The van der Waals surface area contributed by atoms with E-state index in [2.05, 4.69) is 0 Å². The Morgan fingerprint density at radius 1 is 0.923 bits per heavy atom. The molecule has 0 bridgehead atoms. The van der Waals surface area contributed by atoms with Gasteiger partial charge in [0, 0.05) is 11.1 Å². The minimum atomic E-state index is -1.06. The third kappa shape index (κ3) is 6.03. The van der Waals surface area contributed by atoms with E-state index in [4.69, 9.17) is 20.8 Å². The lowest BCUT2D eigenvalue weighted by Crippen LogP contribution is -2.27. The first-order chi connectivity index (χ1) is 18.9. The number of fused-ring (bicyclic) bond motifs is 1. The maximum absolute atomic E-state index is 13.3. The number of hydrogen-bond acceptors (Lipinski definition) is 5. The monoisotopic (exact) mass is 556 g/mol. The molecule has 1 N–H and O–H groups in total. The van der Waals surface area contributed by atoms with Crippen molar-refractivity contribution < 1.29 is 19.1 Å². The molecule has 1 unspecified atom stereocenters. The molecule has 1 aromatic heterocycles. The van der Waals surface area contributed by atoms with Gasteiger partial charge in [-0.1, -0.05) is 90.1 Å². The van der Waals surface area contributed by atoms with Crippen LogP contribution < -0.4 is 10.2 Å². The van der Waals surface area contributed by atoms with Gasteiger partial charge in [-0.15, -0.1) is 0 Å². The molecule has 5 nitrogen and oxygen atoms in total. The molecule has 1 atom stereocenters. The molecule has 0 saturated heterocycles. The van der Waals surface area contributed by atoms with E-state index in [1.165, 1.54) is 11.8 Å². The summed E-state index contributed by atoms with van der Waals surface area (Å²) in [6.07, 6.45) is 1.59. The van der Waals surface area contributed by atoms with Crippen LogP contribution in [-0.2, 0) is 11.2 Å². The first-order valence-corrected chi connectivity index (χ1v) is 14.0. The Balaban J connectivity index is 1.33. The van der Waals surface area contributed by atoms with Gasteiger partial charge in [0.15, 0.2) is 11.2 Å². The van der Waals surface area contributed by atoms with Crippen molar-refractivity contribution in [1.82, 2.24) is 0 Å².